The van der Waals surface area contributed by atoms with Crippen LogP contribution in [-0.4, -0.2) is 29.2 Å². The monoisotopic (exact) mass is 170 g/mol. The van der Waals surface area contributed by atoms with Crippen LogP contribution in [0.1, 0.15) is 34.6 Å². The molecule has 0 aromatic heterocycles. The highest BCUT2D eigenvalue weighted by Gasteiger charge is 2.18. The first-order valence-electron chi connectivity index (χ1n) is 4.31. The van der Waals surface area contributed by atoms with Gasteiger partial charge in [0.25, 0.3) is 0 Å². The SMILES string of the molecule is C/C=N/C(=O)N(C(C)C)C(C)C. The number of carbonyl (C=O) groups excluding carboxylic acids is 1. The molecule has 0 unspecified atom stereocenters. The lowest BCUT2D eigenvalue weighted by molar-refractivity contribution is 0.175. The van der Waals surface area contributed by atoms with Gasteiger partial charge in [-0.1, -0.05) is 0 Å². The first kappa shape index (κ1) is 11.1. The van der Waals surface area contributed by atoms with Crippen molar-refractivity contribution in [3.05, 3.63) is 0 Å². The zero-order valence-corrected chi connectivity index (χ0v) is 8.53. The third-order valence-electron chi connectivity index (χ3n) is 1.57. The van der Waals surface area contributed by atoms with Crippen molar-refractivity contribution in [2.75, 3.05) is 0 Å². The fourth-order valence-corrected chi connectivity index (χ4v) is 1.22. The zero-order valence-electron chi connectivity index (χ0n) is 8.53. The van der Waals surface area contributed by atoms with Crippen LogP contribution in [0.2, 0.25) is 0 Å². The average molecular weight is 170 g/mol. The van der Waals surface area contributed by atoms with Crippen LogP contribution < -0.4 is 0 Å². The van der Waals surface area contributed by atoms with E-state index >= 15 is 0 Å². The van der Waals surface area contributed by atoms with E-state index in [1.165, 1.54) is 6.21 Å². The fourth-order valence-electron chi connectivity index (χ4n) is 1.22. The second-order valence-electron chi connectivity index (χ2n) is 3.26. The highest BCUT2D eigenvalue weighted by molar-refractivity contribution is 5.83. The van der Waals surface area contributed by atoms with Crippen LogP contribution in [0.4, 0.5) is 4.79 Å². The Morgan fingerprint density at radius 2 is 1.67 bits per heavy atom. The average Bonchev–Trinajstić information content (AvgIpc) is 1.85. The van der Waals surface area contributed by atoms with Gasteiger partial charge in [-0.15, -0.1) is 0 Å². The summed E-state index contributed by atoms with van der Waals surface area (Å²) >= 11 is 0. The van der Waals surface area contributed by atoms with E-state index in [0.29, 0.717) is 0 Å². The highest BCUT2D eigenvalue weighted by Crippen LogP contribution is 2.06. The van der Waals surface area contributed by atoms with E-state index in [4.69, 9.17) is 0 Å². The first-order chi connectivity index (χ1) is 5.50. The lowest BCUT2D eigenvalue weighted by Gasteiger charge is -2.28. The minimum absolute atomic E-state index is 0.150. The van der Waals surface area contributed by atoms with Crippen molar-refractivity contribution in [1.82, 2.24) is 4.90 Å². The standard InChI is InChI=1S/C9H18N2O/c1-6-10-9(12)11(7(2)3)8(4)5/h6-8H,1-5H3/b10-6+. The molecular formula is C9H18N2O. The van der Waals surface area contributed by atoms with E-state index in [1.54, 1.807) is 11.8 Å². The number of nitrogens with zero attached hydrogens (tertiary/aromatic N) is 2. The summed E-state index contributed by atoms with van der Waals surface area (Å²) in [5.74, 6) is 0. The van der Waals surface area contributed by atoms with Crippen LogP contribution in [0.5, 0.6) is 0 Å². The van der Waals surface area contributed by atoms with Crippen molar-refractivity contribution in [2.24, 2.45) is 4.99 Å². The van der Waals surface area contributed by atoms with Gasteiger partial charge < -0.3 is 4.90 Å². The normalized spacial score (nSPS) is 11.6. The number of carbonyl (C=O) groups is 1. The molecule has 0 rings (SSSR count). The maximum Gasteiger partial charge on any atom is 0.343 e. The molecule has 0 aromatic carbocycles. The summed E-state index contributed by atoms with van der Waals surface area (Å²) < 4.78 is 0. The molecule has 3 nitrogen and oxygen atoms in total. The maximum absolute atomic E-state index is 11.4. The van der Waals surface area contributed by atoms with Crippen molar-refractivity contribution >= 4 is 12.2 Å². The highest BCUT2D eigenvalue weighted by atomic mass is 16.2. The van der Waals surface area contributed by atoms with Gasteiger partial charge >= 0.3 is 6.03 Å². The lowest BCUT2D eigenvalue weighted by atomic mass is 10.2. The van der Waals surface area contributed by atoms with E-state index in [-0.39, 0.29) is 18.1 Å². The lowest BCUT2D eigenvalue weighted by Crippen LogP contribution is -2.40. The summed E-state index contributed by atoms with van der Waals surface area (Å²) in [5.41, 5.74) is 0. The molecule has 0 saturated heterocycles. The van der Waals surface area contributed by atoms with E-state index in [2.05, 4.69) is 4.99 Å². The zero-order chi connectivity index (χ0) is 9.72. The number of urea groups is 1. The molecule has 0 saturated carbocycles. The first-order valence-corrected chi connectivity index (χ1v) is 4.31. The number of hydrogen-bond acceptors (Lipinski definition) is 1. The topological polar surface area (TPSA) is 32.7 Å². The molecule has 2 amide bonds. The Kier molecular flexibility index (Phi) is 4.55. The van der Waals surface area contributed by atoms with Crippen molar-refractivity contribution in [3.63, 3.8) is 0 Å². The van der Waals surface area contributed by atoms with E-state index < -0.39 is 0 Å². The van der Waals surface area contributed by atoms with Crippen LogP contribution in [0.25, 0.3) is 0 Å². The molecule has 0 heterocycles. The Hall–Kier alpha value is -0.860. The van der Waals surface area contributed by atoms with Crippen molar-refractivity contribution < 1.29 is 4.79 Å². The van der Waals surface area contributed by atoms with Gasteiger partial charge in [-0.3, -0.25) is 0 Å². The molecule has 0 fully saturated rings. The smallest absolute Gasteiger partial charge is 0.318 e. The quantitative estimate of drug-likeness (QED) is 0.585. The Morgan fingerprint density at radius 3 is 1.92 bits per heavy atom. The van der Waals surface area contributed by atoms with Gasteiger partial charge in [0.1, 0.15) is 0 Å². The van der Waals surface area contributed by atoms with E-state index in [1.807, 2.05) is 27.7 Å². The molecular weight excluding hydrogens is 152 g/mol. The molecule has 0 spiro atoms. The molecule has 0 N–H and O–H groups in total. The van der Waals surface area contributed by atoms with E-state index in [9.17, 15) is 4.79 Å². The predicted molar refractivity (Wildman–Crippen MR) is 51.7 cm³/mol. The number of hydrogen-bond donors (Lipinski definition) is 0. The summed E-state index contributed by atoms with van der Waals surface area (Å²) in [6.45, 7) is 9.70. The van der Waals surface area contributed by atoms with Gasteiger partial charge in [0.05, 0.1) is 0 Å². The maximum atomic E-state index is 11.4. The van der Waals surface area contributed by atoms with Crippen molar-refractivity contribution in [3.8, 4) is 0 Å². The van der Waals surface area contributed by atoms with Gasteiger partial charge in [0, 0.05) is 18.3 Å². The molecule has 0 aliphatic rings. The summed E-state index contributed by atoms with van der Waals surface area (Å²) in [7, 11) is 0. The largest absolute Gasteiger partial charge is 0.343 e. The molecule has 12 heavy (non-hydrogen) atoms. The van der Waals surface area contributed by atoms with Gasteiger partial charge in [-0.25, -0.2) is 9.79 Å². The Balaban J connectivity index is 4.40. The molecule has 0 aliphatic carbocycles. The second kappa shape index (κ2) is 4.91. The minimum atomic E-state index is -0.150. The Labute approximate surface area is 74.5 Å². The molecule has 3 heteroatoms. The van der Waals surface area contributed by atoms with Crippen LogP contribution in [0, 0.1) is 0 Å². The number of rotatable bonds is 2. The molecule has 0 aliphatic heterocycles. The van der Waals surface area contributed by atoms with Gasteiger partial charge in [0.2, 0.25) is 0 Å². The third kappa shape index (κ3) is 3.03. The van der Waals surface area contributed by atoms with Gasteiger partial charge in [-0.05, 0) is 34.6 Å². The fraction of sp³-hybridized carbons (Fsp3) is 0.778. The van der Waals surface area contributed by atoms with Gasteiger partial charge in [0.15, 0.2) is 0 Å². The molecule has 0 atom stereocenters. The van der Waals surface area contributed by atoms with Crippen LogP contribution >= 0.6 is 0 Å². The predicted octanol–water partition coefficient (Wildman–Crippen LogP) is 2.32. The number of amides is 2. The second-order valence-corrected chi connectivity index (χ2v) is 3.26. The third-order valence-corrected chi connectivity index (χ3v) is 1.57. The molecule has 0 bridgehead atoms. The molecule has 0 radical (unpaired) electrons. The Bertz CT molecular complexity index is 165. The molecule has 0 aromatic rings. The summed E-state index contributed by atoms with van der Waals surface area (Å²) in [5, 5.41) is 0. The number of aliphatic imine (C=N–C) groups is 1. The van der Waals surface area contributed by atoms with Crippen molar-refractivity contribution in [1.29, 1.82) is 0 Å². The van der Waals surface area contributed by atoms with E-state index in [0.717, 1.165) is 0 Å². The van der Waals surface area contributed by atoms with Crippen LogP contribution in [0.3, 0.4) is 0 Å². The summed E-state index contributed by atoms with van der Waals surface area (Å²) in [4.78, 5) is 16.8. The summed E-state index contributed by atoms with van der Waals surface area (Å²) in [6.07, 6.45) is 1.53. The van der Waals surface area contributed by atoms with Crippen LogP contribution in [-0.2, 0) is 0 Å². The Morgan fingerprint density at radius 1 is 1.25 bits per heavy atom. The minimum Gasteiger partial charge on any atom is -0.318 e. The van der Waals surface area contributed by atoms with Gasteiger partial charge in [-0.2, -0.15) is 0 Å². The van der Waals surface area contributed by atoms with Crippen molar-refractivity contribution in [2.45, 2.75) is 46.7 Å². The molecule has 70 valence electrons. The van der Waals surface area contributed by atoms with Crippen LogP contribution in [0.15, 0.2) is 4.99 Å². The summed E-state index contributed by atoms with van der Waals surface area (Å²) in [6, 6.07) is 0.268.